The Kier molecular flexibility index (Phi) is 14.5. The van der Waals surface area contributed by atoms with Crippen LogP contribution in [0.1, 0.15) is 40.5 Å². The topological polar surface area (TPSA) is 47.3 Å². The summed E-state index contributed by atoms with van der Waals surface area (Å²) in [7, 11) is 0. The molecule has 0 aromatic rings. The molecule has 3 nitrogen and oxygen atoms in total. The molecule has 14 heavy (non-hydrogen) atoms. The fourth-order valence-corrected chi connectivity index (χ4v) is 1.10. The molecule has 1 heterocycles. The molecule has 0 radical (unpaired) electrons. The largest absolute Gasteiger partial charge is 0.376 e. The van der Waals surface area contributed by atoms with Gasteiger partial charge in [0.15, 0.2) is 5.11 Å². The van der Waals surface area contributed by atoms with Crippen LogP contribution in [0, 0.1) is 0 Å². The molecule has 1 unspecified atom stereocenters. The van der Waals surface area contributed by atoms with Gasteiger partial charge in [0.2, 0.25) is 0 Å². The molecule has 1 aliphatic rings. The van der Waals surface area contributed by atoms with E-state index in [0.29, 0.717) is 11.2 Å². The average Bonchev–Trinajstić information content (AvgIpc) is 2.73. The summed E-state index contributed by atoms with van der Waals surface area (Å²) in [5, 5.41) is 3.23. The van der Waals surface area contributed by atoms with Crippen molar-refractivity contribution in [2.24, 2.45) is 5.73 Å². The van der Waals surface area contributed by atoms with Gasteiger partial charge >= 0.3 is 0 Å². The third kappa shape index (κ3) is 9.74. The van der Waals surface area contributed by atoms with E-state index < -0.39 is 0 Å². The Bertz CT molecular complexity index is 125. The Balaban J connectivity index is 0. The van der Waals surface area contributed by atoms with E-state index in [9.17, 15) is 0 Å². The van der Waals surface area contributed by atoms with Crippen LogP contribution in [0.5, 0.6) is 0 Å². The summed E-state index contributed by atoms with van der Waals surface area (Å²) in [6.07, 6.45) is 2.60. The van der Waals surface area contributed by atoms with E-state index in [1.165, 1.54) is 0 Å². The molecule has 0 aromatic heterocycles. The second kappa shape index (κ2) is 12.7. The molecule has 1 saturated heterocycles. The summed E-state index contributed by atoms with van der Waals surface area (Å²) in [5.74, 6) is 0. The maximum atomic E-state index is 5.33. The van der Waals surface area contributed by atoms with Gasteiger partial charge in [-0.2, -0.15) is 0 Å². The molecule has 1 aliphatic heterocycles. The Labute approximate surface area is 93.4 Å². The Morgan fingerprint density at radius 3 is 2.36 bits per heavy atom. The molecular formula is C10H24N2OS. The quantitative estimate of drug-likeness (QED) is 0.699. The molecule has 1 rings (SSSR count). The third-order valence-corrected chi connectivity index (χ3v) is 1.67. The average molecular weight is 220 g/mol. The van der Waals surface area contributed by atoms with Crippen LogP contribution in [0.2, 0.25) is 0 Å². The minimum absolute atomic E-state index is 0.321. The maximum absolute atomic E-state index is 5.33. The molecule has 4 heteroatoms. The summed E-state index contributed by atoms with van der Waals surface area (Å²) in [6.45, 7) is 9.64. The fraction of sp³-hybridized carbons (Fsp3) is 0.900. The van der Waals surface area contributed by atoms with Crippen LogP contribution < -0.4 is 11.1 Å². The molecule has 3 N–H and O–H groups in total. The number of rotatable bonds is 2. The predicted octanol–water partition coefficient (Wildman–Crippen LogP) is 2.05. The summed E-state index contributed by atoms with van der Waals surface area (Å²) >= 11 is 4.64. The maximum Gasteiger partial charge on any atom is 0.163 e. The Hall–Kier alpha value is -0.350. The van der Waals surface area contributed by atoms with Gasteiger partial charge in [0, 0.05) is 13.2 Å². The highest BCUT2D eigenvalue weighted by Crippen LogP contribution is 2.10. The lowest BCUT2D eigenvalue weighted by atomic mass is 10.2. The summed E-state index contributed by atoms with van der Waals surface area (Å²) in [6, 6.07) is 0. The zero-order valence-corrected chi connectivity index (χ0v) is 10.6. The summed E-state index contributed by atoms with van der Waals surface area (Å²) < 4.78 is 5.33. The lowest BCUT2D eigenvalue weighted by molar-refractivity contribution is 0.114. The number of thiocarbonyl (C=S) groups is 1. The molecule has 1 atom stereocenters. The van der Waals surface area contributed by atoms with Crippen molar-refractivity contribution in [3.63, 3.8) is 0 Å². The van der Waals surface area contributed by atoms with Gasteiger partial charge < -0.3 is 15.8 Å². The molecule has 0 spiro atoms. The van der Waals surface area contributed by atoms with Crippen LogP contribution in [-0.4, -0.2) is 24.4 Å². The molecule has 0 aliphatic carbocycles. The molecule has 0 saturated carbocycles. The lowest BCUT2D eigenvalue weighted by Gasteiger charge is -2.09. The number of nitrogens with one attached hydrogen (secondary N) is 1. The van der Waals surface area contributed by atoms with E-state index in [1.54, 1.807) is 0 Å². The van der Waals surface area contributed by atoms with Gasteiger partial charge in [0.25, 0.3) is 0 Å². The van der Waals surface area contributed by atoms with Crippen LogP contribution in [0.25, 0.3) is 0 Å². The number of hydrogen-bond donors (Lipinski definition) is 2. The van der Waals surface area contributed by atoms with Crippen molar-refractivity contribution in [1.29, 1.82) is 0 Å². The molecule has 0 aromatic carbocycles. The van der Waals surface area contributed by atoms with Gasteiger partial charge in [-0.05, 0) is 25.1 Å². The van der Waals surface area contributed by atoms with Crippen molar-refractivity contribution in [2.45, 2.75) is 46.6 Å². The molecule has 1 fully saturated rings. The predicted molar refractivity (Wildman–Crippen MR) is 66.5 cm³/mol. The first-order valence-corrected chi connectivity index (χ1v) is 5.85. The van der Waals surface area contributed by atoms with E-state index in [4.69, 9.17) is 10.5 Å². The molecular weight excluding hydrogens is 196 g/mol. The van der Waals surface area contributed by atoms with E-state index in [-0.39, 0.29) is 0 Å². The fourth-order valence-electron chi connectivity index (χ4n) is 1.02. The Morgan fingerprint density at radius 2 is 2.00 bits per heavy atom. The minimum Gasteiger partial charge on any atom is -0.376 e. The monoisotopic (exact) mass is 220 g/mol. The van der Waals surface area contributed by atoms with Crippen LogP contribution in [-0.2, 0) is 4.74 Å². The van der Waals surface area contributed by atoms with Crippen LogP contribution in [0.3, 0.4) is 0 Å². The normalized spacial score (nSPS) is 18.4. The standard InChI is InChI=1S/C6H12N2OS.2C2H6/c7-6(10)8-4-5-2-1-3-9-5;2*1-2/h5H,1-4H2,(H3,7,8,10);2*1-2H3. The summed E-state index contributed by atoms with van der Waals surface area (Å²) in [5.41, 5.74) is 5.24. The molecule has 0 bridgehead atoms. The molecule has 86 valence electrons. The van der Waals surface area contributed by atoms with E-state index in [1.807, 2.05) is 27.7 Å². The van der Waals surface area contributed by atoms with E-state index in [2.05, 4.69) is 17.5 Å². The van der Waals surface area contributed by atoms with Crippen LogP contribution in [0.4, 0.5) is 0 Å². The lowest BCUT2D eigenvalue weighted by Crippen LogP contribution is -2.35. The van der Waals surface area contributed by atoms with Crippen LogP contribution >= 0.6 is 12.2 Å². The number of nitrogens with two attached hydrogens (primary N) is 1. The van der Waals surface area contributed by atoms with Gasteiger partial charge in [-0.15, -0.1) is 0 Å². The van der Waals surface area contributed by atoms with Crippen molar-refractivity contribution < 1.29 is 4.74 Å². The minimum atomic E-state index is 0.321. The highest BCUT2D eigenvalue weighted by Gasteiger charge is 2.14. The van der Waals surface area contributed by atoms with Crippen LogP contribution in [0.15, 0.2) is 0 Å². The van der Waals surface area contributed by atoms with Crippen molar-refractivity contribution in [3.05, 3.63) is 0 Å². The number of hydrogen-bond acceptors (Lipinski definition) is 2. The number of ether oxygens (including phenoxy) is 1. The van der Waals surface area contributed by atoms with Crippen molar-refractivity contribution in [3.8, 4) is 0 Å². The molecule has 0 amide bonds. The first-order chi connectivity index (χ1) is 6.79. The zero-order valence-electron chi connectivity index (χ0n) is 9.80. The summed E-state index contributed by atoms with van der Waals surface area (Å²) in [4.78, 5) is 0. The van der Waals surface area contributed by atoms with E-state index in [0.717, 1.165) is 26.0 Å². The zero-order chi connectivity index (χ0) is 11.4. The second-order valence-electron chi connectivity index (χ2n) is 2.38. The van der Waals surface area contributed by atoms with Gasteiger partial charge in [0.1, 0.15) is 0 Å². The van der Waals surface area contributed by atoms with Crippen molar-refractivity contribution >= 4 is 17.3 Å². The van der Waals surface area contributed by atoms with E-state index >= 15 is 0 Å². The van der Waals surface area contributed by atoms with Gasteiger partial charge in [0.05, 0.1) is 6.10 Å². The highest BCUT2D eigenvalue weighted by molar-refractivity contribution is 7.80. The first kappa shape index (κ1) is 16.1. The third-order valence-electron chi connectivity index (χ3n) is 1.53. The van der Waals surface area contributed by atoms with Gasteiger partial charge in [-0.25, -0.2) is 0 Å². The van der Waals surface area contributed by atoms with Gasteiger partial charge in [-0.1, -0.05) is 27.7 Å². The van der Waals surface area contributed by atoms with Crippen molar-refractivity contribution in [2.75, 3.05) is 13.2 Å². The first-order valence-electron chi connectivity index (χ1n) is 5.44. The highest BCUT2D eigenvalue weighted by atomic mass is 32.1. The van der Waals surface area contributed by atoms with Crippen molar-refractivity contribution in [1.82, 2.24) is 5.32 Å². The SMILES string of the molecule is CC.CC.NC(=S)NCC1CCCO1. The Morgan fingerprint density at radius 1 is 1.43 bits per heavy atom. The second-order valence-corrected chi connectivity index (χ2v) is 2.82. The smallest absolute Gasteiger partial charge is 0.163 e. The van der Waals surface area contributed by atoms with Gasteiger partial charge in [-0.3, -0.25) is 0 Å².